The quantitative estimate of drug-likeness (QED) is 0.862. The van der Waals surface area contributed by atoms with E-state index in [1.54, 1.807) is 32.9 Å². The molecule has 0 spiro atoms. The van der Waals surface area contributed by atoms with E-state index in [2.05, 4.69) is 10.1 Å². The van der Waals surface area contributed by atoms with Crippen molar-refractivity contribution in [3.63, 3.8) is 0 Å². The largest absolute Gasteiger partial charge is 0.496 e. The Kier molecular flexibility index (Phi) is 4.96. The van der Waals surface area contributed by atoms with Crippen molar-refractivity contribution in [1.29, 1.82) is 0 Å². The second kappa shape index (κ2) is 6.27. The van der Waals surface area contributed by atoms with Gasteiger partial charge in [-0.1, -0.05) is 0 Å². The van der Waals surface area contributed by atoms with Crippen LogP contribution < -0.4 is 10.1 Å². The van der Waals surface area contributed by atoms with Crippen molar-refractivity contribution < 1.29 is 23.8 Å². The number of benzene rings is 1. The summed E-state index contributed by atoms with van der Waals surface area (Å²) in [6, 6.07) is 4.64. The highest BCUT2D eigenvalue weighted by Crippen LogP contribution is 2.23. The lowest BCUT2D eigenvalue weighted by molar-refractivity contribution is 0.0593. The van der Waals surface area contributed by atoms with Crippen LogP contribution in [0.25, 0.3) is 0 Å². The first-order valence-electron chi connectivity index (χ1n) is 6.03. The zero-order valence-electron chi connectivity index (χ0n) is 12.3. The van der Waals surface area contributed by atoms with Crippen LogP contribution in [-0.4, -0.2) is 31.9 Å². The van der Waals surface area contributed by atoms with Gasteiger partial charge in [0.25, 0.3) is 0 Å². The summed E-state index contributed by atoms with van der Waals surface area (Å²) >= 11 is 0. The standard InChI is InChI=1S/C14H19NO5/c1-14(2,3)20-13(17)15-9-6-7-11(18-4)10(8-9)12(16)19-5/h6-8H,1-5H3,(H,15,17). The van der Waals surface area contributed by atoms with Gasteiger partial charge in [0.05, 0.1) is 14.2 Å². The zero-order chi connectivity index (χ0) is 15.3. The number of hydrogen-bond donors (Lipinski definition) is 1. The minimum atomic E-state index is -0.599. The van der Waals surface area contributed by atoms with Crippen LogP contribution in [-0.2, 0) is 9.47 Å². The topological polar surface area (TPSA) is 73.9 Å². The number of carbonyl (C=O) groups excluding carboxylic acids is 2. The first-order valence-corrected chi connectivity index (χ1v) is 6.03. The van der Waals surface area contributed by atoms with E-state index in [-0.39, 0.29) is 5.56 Å². The fraction of sp³-hybridized carbons (Fsp3) is 0.429. The minimum Gasteiger partial charge on any atom is -0.496 e. The molecule has 0 aliphatic rings. The number of carbonyl (C=O) groups is 2. The molecule has 110 valence electrons. The van der Waals surface area contributed by atoms with Crippen LogP contribution in [0.1, 0.15) is 31.1 Å². The van der Waals surface area contributed by atoms with Gasteiger partial charge in [0.15, 0.2) is 0 Å². The third-order valence-electron chi connectivity index (χ3n) is 2.25. The number of rotatable bonds is 3. The van der Waals surface area contributed by atoms with Gasteiger partial charge >= 0.3 is 12.1 Å². The lowest BCUT2D eigenvalue weighted by atomic mass is 10.1. The Morgan fingerprint density at radius 1 is 1.15 bits per heavy atom. The van der Waals surface area contributed by atoms with Gasteiger partial charge in [-0.2, -0.15) is 0 Å². The molecule has 0 saturated carbocycles. The molecule has 0 saturated heterocycles. The number of esters is 1. The summed E-state index contributed by atoms with van der Waals surface area (Å²) in [7, 11) is 2.72. The molecule has 1 amide bonds. The first kappa shape index (κ1) is 15.8. The Balaban J connectivity index is 2.92. The van der Waals surface area contributed by atoms with Crippen LogP contribution in [0, 0.1) is 0 Å². The first-order chi connectivity index (χ1) is 9.26. The normalized spacial score (nSPS) is 10.7. The summed E-state index contributed by atoms with van der Waals surface area (Å²) in [5.41, 5.74) is 0.0471. The Morgan fingerprint density at radius 3 is 2.30 bits per heavy atom. The van der Waals surface area contributed by atoms with Gasteiger partial charge < -0.3 is 14.2 Å². The predicted molar refractivity (Wildman–Crippen MR) is 74.2 cm³/mol. The summed E-state index contributed by atoms with van der Waals surface area (Å²) < 4.78 is 14.8. The van der Waals surface area contributed by atoms with Gasteiger partial charge in [-0.15, -0.1) is 0 Å². The summed E-state index contributed by atoms with van der Waals surface area (Å²) in [6.07, 6.45) is -0.599. The monoisotopic (exact) mass is 281 g/mol. The Hall–Kier alpha value is -2.24. The number of hydrogen-bond acceptors (Lipinski definition) is 5. The molecule has 1 N–H and O–H groups in total. The highest BCUT2D eigenvalue weighted by molar-refractivity contribution is 5.95. The smallest absolute Gasteiger partial charge is 0.412 e. The molecule has 1 aromatic rings. The minimum absolute atomic E-state index is 0.226. The maximum Gasteiger partial charge on any atom is 0.412 e. The van der Waals surface area contributed by atoms with Crippen LogP contribution in [0.5, 0.6) is 5.75 Å². The second-order valence-corrected chi connectivity index (χ2v) is 5.03. The highest BCUT2D eigenvalue weighted by Gasteiger charge is 2.18. The molecule has 1 aromatic carbocycles. The van der Waals surface area contributed by atoms with E-state index >= 15 is 0 Å². The van der Waals surface area contributed by atoms with Crippen molar-refractivity contribution >= 4 is 17.7 Å². The van der Waals surface area contributed by atoms with Crippen molar-refractivity contribution in [2.45, 2.75) is 26.4 Å². The van der Waals surface area contributed by atoms with Gasteiger partial charge in [0, 0.05) is 5.69 Å². The lowest BCUT2D eigenvalue weighted by Gasteiger charge is -2.20. The Morgan fingerprint density at radius 2 is 1.80 bits per heavy atom. The zero-order valence-corrected chi connectivity index (χ0v) is 12.3. The van der Waals surface area contributed by atoms with Crippen molar-refractivity contribution in [2.24, 2.45) is 0 Å². The van der Waals surface area contributed by atoms with Crippen LogP contribution in [0.2, 0.25) is 0 Å². The summed E-state index contributed by atoms with van der Waals surface area (Å²) in [4.78, 5) is 23.3. The molecule has 6 heteroatoms. The second-order valence-electron chi connectivity index (χ2n) is 5.03. The van der Waals surface area contributed by atoms with Crippen LogP contribution >= 0.6 is 0 Å². The van der Waals surface area contributed by atoms with Crippen molar-refractivity contribution in [3.8, 4) is 5.75 Å². The molecule has 0 aromatic heterocycles. The number of ether oxygens (including phenoxy) is 3. The van der Waals surface area contributed by atoms with Gasteiger partial charge in [-0.25, -0.2) is 9.59 Å². The van der Waals surface area contributed by atoms with E-state index in [1.807, 2.05) is 0 Å². The fourth-order valence-electron chi connectivity index (χ4n) is 1.48. The molecule has 20 heavy (non-hydrogen) atoms. The third-order valence-corrected chi connectivity index (χ3v) is 2.25. The fourth-order valence-corrected chi connectivity index (χ4v) is 1.48. The predicted octanol–water partition coefficient (Wildman–Crippen LogP) is 2.83. The molecular formula is C14H19NO5. The van der Waals surface area contributed by atoms with Gasteiger partial charge in [0.1, 0.15) is 16.9 Å². The summed E-state index contributed by atoms with van der Waals surface area (Å²) in [6.45, 7) is 5.29. The number of amides is 1. The number of anilines is 1. The van der Waals surface area contributed by atoms with E-state index in [1.165, 1.54) is 20.3 Å². The van der Waals surface area contributed by atoms with E-state index < -0.39 is 17.7 Å². The van der Waals surface area contributed by atoms with Crippen molar-refractivity contribution in [1.82, 2.24) is 0 Å². The molecule has 0 aliphatic heterocycles. The molecular weight excluding hydrogens is 262 g/mol. The van der Waals surface area contributed by atoms with E-state index in [0.717, 1.165) is 0 Å². The maximum atomic E-state index is 11.7. The SMILES string of the molecule is COC(=O)c1cc(NC(=O)OC(C)(C)C)ccc1OC. The highest BCUT2D eigenvalue weighted by atomic mass is 16.6. The lowest BCUT2D eigenvalue weighted by Crippen LogP contribution is -2.27. The van der Waals surface area contributed by atoms with Gasteiger partial charge in [0.2, 0.25) is 0 Å². The van der Waals surface area contributed by atoms with Crippen molar-refractivity contribution in [2.75, 3.05) is 19.5 Å². The molecule has 0 radical (unpaired) electrons. The van der Waals surface area contributed by atoms with Crippen molar-refractivity contribution in [3.05, 3.63) is 23.8 Å². The average Bonchev–Trinajstić information content (AvgIpc) is 2.35. The molecule has 0 fully saturated rings. The van der Waals surface area contributed by atoms with E-state index in [0.29, 0.717) is 11.4 Å². The third kappa shape index (κ3) is 4.46. The Labute approximate surface area is 118 Å². The average molecular weight is 281 g/mol. The maximum absolute atomic E-state index is 11.7. The van der Waals surface area contributed by atoms with Crippen LogP contribution in [0.15, 0.2) is 18.2 Å². The number of methoxy groups -OCH3 is 2. The molecule has 0 unspecified atom stereocenters. The van der Waals surface area contributed by atoms with E-state index in [4.69, 9.17) is 9.47 Å². The number of nitrogens with one attached hydrogen (secondary N) is 1. The molecule has 0 atom stereocenters. The molecule has 0 aliphatic carbocycles. The summed E-state index contributed by atoms with van der Waals surface area (Å²) in [5, 5.41) is 2.54. The molecule has 6 nitrogen and oxygen atoms in total. The molecule has 0 bridgehead atoms. The van der Waals surface area contributed by atoms with Crippen LogP contribution in [0.4, 0.5) is 10.5 Å². The Bertz CT molecular complexity index is 505. The van der Waals surface area contributed by atoms with E-state index in [9.17, 15) is 9.59 Å². The van der Waals surface area contributed by atoms with Gasteiger partial charge in [-0.05, 0) is 39.0 Å². The van der Waals surface area contributed by atoms with Gasteiger partial charge in [-0.3, -0.25) is 5.32 Å². The molecule has 0 heterocycles. The van der Waals surface area contributed by atoms with Crippen LogP contribution in [0.3, 0.4) is 0 Å². The summed E-state index contributed by atoms with van der Waals surface area (Å²) in [5.74, 6) is -0.179. The molecule has 1 rings (SSSR count).